The average Bonchev–Trinajstić information content (AvgIpc) is 2.88. The van der Waals surface area contributed by atoms with Crippen molar-refractivity contribution in [2.75, 3.05) is 6.61 Å². The molecule has 2 heteroatoms. The minimum Gasteiger partial charge on any atom is -0.465 e. The Morgan fingerprint density at radius 3 is 1.03 bits per heavy atom. The first kappa shape index (κ1) is 35.5. The van der Waals surface area contributed by atoms with Crippen LogP contribution in [0.3, 0.4) is 0 Å². The molecular formula is C34H68O2. The van der Waals surface area contributed by atoms with Gasteiger partial charge in [-0.05, 0) is 19.3 Å². The average molecular weight is 509 g/mol. The molecule has 0 aromatic heterocycles. The topological polar surface area (TPSA) is 26.3 Å². The molecule has 0 aromatic carbocycles. The highest BCUT2D eigenvalue weighted by Gasteiger charge is 2.19. The minimum atomic E-state index is 0.103. The molecule has 0 aliphatic carbocycles. The van der Waals surface area contributed by atoms with Crippen molar-refractivity contribution in [3.8, 4) is 0 Å². The van der Waals surface area contributed by atoms with E-state index in [0.29, 0.717) is 6.61 Å². The van der Waals surface area contributed by atoms with E-state index in [1.54, 1.807) is 0 Å². The van der Waals surface area contributed by atoms with Crippen LogP contribution in [0.2, 0.25) is 0 Å². The number of carbonyl (C=O) groups excluding carboxylic acids is 1. The summed E-state index contributed by atoms with van der Waals surface area (Å²) in [6, 6.07) is 0. The third-order valence-corrected chi connectivity index (χ3v) is 7.89. The van der Waals surface area contributed by atoms with E-state index >= 15 is 0 Å². The lowest BCUT2D eigenvalue weighted by atomic mass is 9.94. The summed E-state index contributed by atoms with van der Waals surface area (Å²) in [5.41, 5.74) is 0. The van der Waals surface area contributed by atoms with Crippen LogP contribution in [0, 0.1) is 5.92 Å². The van der Waals surface area contributed by atoms with Crippen molar-refractivity contribution in [3.05, 3.63) is 0 Å². The molecule has 216 valence electrons. The first-order chi connectivity index (χ1) is 17.8. The number of ether oxygens (including phenoxy) is 1. The summed E-state index contributed by atoms with van der Waals surface area (Å²) in [6.45, 7) is 7.46. The van der Waals surface area contributed by atoms with Crippen molar-refractivity contribution < 1.29 is 9.53 Å². The Bertz CT molecular complexity index is 419. The molecule has 1 unspecified atom stereocenters. The largest absolute Gasteiger partial charge is 0.465 e. The lowest BCUT2D eigenvalue weighted by Gasteiger charge is -2.16. The van der Waals surface area contributed by atoms with Gasteiger partial charge < -0.3 is 4.74 Å². The molecule has 0 rings (SSSR count). The second kappa shape index (κ2) is 30.7. The maximum absolute atomic E-state index is 12.8. The van der Waals surface area contributed by atoms with E-state index < -0.39 is 0 Å². The molecule has 0 spiro atoms. The number of rotatable bonds is 30. The van der Waals surface area contributed by atoms with Crippen molar-refractivity contribution in [1.29, 1.82) is 0 Å². The van der Waals surface area contributed by atoms with Gasteiger partial charge in [0.15, 0.2) is 0 Å². The van der Waals surface area contributed by atoms with Gasteiger partial charge in [-0.1, -0.05) is 181 Å². The van der Waals surface area contributed by atoms with E-state index in [2.05, 4.69) is 20.8 Å². The summed E-state index contributed by atoms with van der Waals surface area (Å²) in [5.74, 6) is 0.250. The van der Waals surface area contributed by atoms with Crippen molar-refractivity contribution in [3.63, 3.8) is 0 Å². The Labute approximate surface area is 228 Å². The van der Waals surface area contributed by atoms with Crippen LogP contribution in [-0.2, 0) is 9.53 Å². The highest BCUT2D eigenvalue weighted by molar-refractivity contribution is 5.72. The molecule has 0 saturated carbocycles. The Morgan fingerprint density at radius 2 is 0.694 bits per heavy atom. The van der Waals surface area contributed by atoms with E-state index in [1.807, 2.05) is 0 Å². The molecule has 0 amide bonds. The first-order valence-corrected chi connectivity index (χ1v) is 16.9. The number of esters is 1. The summed E-state index contributed by atoms with van der Waals surface area (Å²) in [4.78, 5) is 12.8. The summed E-state index contributed by atoms with van der Waals surface area (Å²) in [7, 11) is 0. The highest BCUT2D eigenvalue weighted by Crippen LogP contribution is 2.21. The van der Waals surface area contributed by atoms with E-state index in [-0.39, 0.29) is 11.9 Å². The van der Waals surface area contributed by atoms with Gasteiger partial charge in [0.05, 0.1) is 12.5 Å². The molecule has 2 nitrogen and oxygen atoms in total. The Balaban J connectivity index is 3.79. The lowest BCUT2D eigenvalue weighted by Crippen LogP contribution is -2.18. The predicted molar refractivity (Wildman–Crippen MR) is 161 cm³/mol. The molecule has 0 aromatic rings. The SMILES string of the molecule is CCCCCCCCCCCCCCCCOC(=O)C(CCCCCCC)CCCCCCCCC. The molecule has 0 radical (unpaired) electrons. The third kappa shape index (κ3) is 26.5. The van der Waals surface area contributed by atoms with E-state index in [1.165, 1.54) is 161 Å². The fraction of sp³-hybridized carbons (Fsp3) is 0.971. The summed E-state index contributed by atoms with van der Waals surface area (Å²) in [5, 5.41) is 0. The van der Waals surface area contributed by atoms with Crippen LogP contribution in [0.15, 0.2) is 0 Å². The minimum absolute atomic E-state index is 0.103. The number of unbranched alkanes of at least 4 members (excludes halogenated alkanes) is 23. The van der Waals surface area contributed by atoms with E-state index in [0.717, 1.165) is 19.3 Å². The third-order valence-electron chi connectivity index (χ3n) is 7.89. The number of hydrogen-bond donors (Lipinski definition) is 0. The Morgan fingerprint density at radius 1 is 0.417 bits per heavy atom. The fourth-order valence-corrected chi connectivity index (χ4v) is 5.31. The molecule has 0 aliphatic rings. The summed E-state index contributed by atoms with van der Waals surface area (Å²) < 4.78 is 5.76. The zero-order chi connectivity index (χ0) is 26.4. The molecule has 0 aliphatic heterocycles. The van der Waals surface area contributed by atoms with Crippen LogP contribution < -0.4 is 0 Å². The van der Waals surface area contributed by atoms with E-state index in [4.69, 9.17) is 4.74 Å². The lowest BCUT2D eigenvalue weighted by molar-refractivity contribution is -0.149. The van der Waals surface area contributed by atoms with Gasteiger partial charge >= 0.3 is 5.97 Å². The fourth-order valence-electron chi connectivity index (χ4n) is 5.31. The van der Waals surface area contributed by atoms with Crippen LogP contribution in [0.4, 0.5) is 0 Å². The van der Waals surface area contributed by atoms with Crippen LogP contribution in [0.5, 0.6) is 0 Å². The zero-order valence-corrected chi connectivity index (χ0v) is 25.4. The quantitative estimate of drug-likeness (QED) is 0.0712. The second-order valence-corrected chi connectivity index (χ2v) is 11.6. The summed E-state index contributed by atoms with van der Waals surface area (Å²) >= 11 is 0. The van der Waals surface area contributed by atoms with Crippen LogP contribution in [0.25, 0.3) is 0 Å². The van der Waals surface area contributed by atoms with Crippen LogP contribution in [-0.4, -0.2) is 12.6 Å². The zero-order valence-electron chi connectivity index (χ0n) is 25.4. The van der Waals surface area contributed by atoms with Crippen molar-refractivity contribution in [2.45, 2.75) is 201 Å². The van der Waals surface area contributed by atoms with E-state index in [9.17, 15) is 4.79 Å². The van der Waals surface area contributed by atoms with Gasteiger partial charge in [0.25, 0.3) is 0 Å². The van der Waals surface area contributed by atoms with Gasteiger partial charge in [-0.2, -0.15) is 0 Å². The number of hydrogen-bond acceptors (Lipinski definition) is 2. The van der Waals surface area contributed by atoms with Gasteiger partial charge in [0.1, 0.15) is 0 Å². The van der Waals surface area contributed by atoms with Gasteiger partial charge in [-0.3, -0.25) is 4.79 Å². The molecule has 0 saturated heterocycles. The second-order valence-electron chi connectivity index (χ2n) is 11.6. The maximum Gasteiger partial charge on any atom is 0.308 e. The summed E-state index contributed by atoms with van der Waals surface area (Å²) in [6.07, 6.45) is 36.7. The standard InChI is InChI=1S/C34H68O2/c1-4-7-10-13-15-16-17-18-19-20-21-23-26-29-32-36-34(35)33(30-27-24-12-9-6-3)31-28-25-22-14-11-8-5-2/h33H,4-32H2,1-3H3. The molecular weight excluding hydrogens is 440 g/mol. The first-order valence-electron chi connectivity index (χ1n) is 16.9. The number of carbonyl (C=O) groups is 1. The van der Waals surface area contributed by atoms with Gasteiger partial charge in [0.2, 0.25) is 0 Å². The molecule has 0 N–H and O–H groups in total. The molecule has 0 heterocycles. The van der Waals surface area contributed by atoms with Crippen LogP contribution >= 0.6 is 0 Å². The predicted octanol–water partition coefficient (Wildman–Crippen LogP) is 12.1. The van der Waals surface area contributed by atoms with Gasteiger partial charge in [-0.25, -0.2) is 0 Å². The highest BCUT2D eigenvalue weighted by atomic mass is 16.5. The van der Waals surface area contributed by atoms with Gasteiger partial charge in [0, 0.05) is 0 Å². The Kier molecular flexibility index (Phi) is 30.2. The maximum atomic E-state index is 12.8. The van der Waals surface area contributed by atoms with Crippen molar-refractivity contribution in [1.82, 2.24) is 0 Å². The molecule has 0 bridgehead atoms. The Hall–Kier alpha value is -0.530. The van der Waals surface area contributed by atoms with Gasteiger partial charge in [-0.15, -0.1) is 0 Å². The molecule has 0 fully saturated rings. The van der Waals surface area contributed by atoms with Crippen molar-refractivity contribution >= 4 is 5.97 Å². The van der Waals surface area contributed by atoms with Crippen molar-refractivity contribution in [2.24, 2.45) is 5.92 Å². The smallest absolute Gasteiger partial charge is 0.308 e. The molecule has 36 heavy (non-hydrogen) atoms. The monoisotopic (exact) mass is 509 g/mol. The van der Waals surface area contributed by atoms with Crippen LogP contribution in [0.1, 0.15) is 201 Å². The normalized spacial score (nSPS) is 12.2. The molecule has 1 atom stereocenters.